The quantitative estimate of drug-likeness (QED) is 0.905. The maximum atomic E-state index is 5.54. The standard InChI is InChI=1S/C14H21N5O/c1-2-13-17-18-14(20-13)10-15-11-6-3-4-7-12(11)19-9-5-8-16-19/h5,8-9,11-12,15H,2-4,6-7,10H2,1H3. The van der Waals surface area contributed by atoms with Crippen LogP contribution in [0.4, 0.5) is 0 Å². The van der Waals surface area contributed by atoms with Crippen LogP contribution >= 0.6 is 0 Å². The molecule has 0 radical (unpaired) electrons. The van der Waals surface area contributed by atoms with Gasteiger partial charge in [0.2, 0.25) is 11.8 Å². The van der Waals surface area contributed by atoms with Crippen LogP contribution in [0.5, 0.6) is 0 Å². The van der Waals surface area contributed by atoms with Gasteiger partial charge in [-0.2, -0.15) is 5.10 Å². The summed E-state index contributed by atoms with van der Waals surface area (Å²) in [5.74, 6) is 1.38. The van der Waals surface area contributed by atoms with Crippen molar-refractivity contribution in [2.75, 3.05) is 0 Å². The van der Waals surface area contributed by atoms with Gasteiger partial charge in [0.25, 0.3) is 0 Å². The van der Waals surface area contributed by atoms with Gasteiger partial charge in [-0.15, -0.1) is 10.2 Å². The summed E-state index contributed by atoms with van der Waals surface area (Å²) >= 11 is 0. The second-order valence-corrected chi connectivity index (χ2v) is 5.27. The molecule has 1 N–H and O–H groups in total. The van der Waals surface area contributed by atoms with Crippen LogP contribution in [0.3, 0.4) is 0 Å². The summed E-state index contributed by atoms with van der Waals surface area (Å²) in [7, 11) is 0. The lowest BCUT2D eigenvalue weighted by atomic mass is 9.90. The molecule has 2 atom stereocenters. The van der Waals surface area contributed by atoms with E-state index in [0.717, 1.165) is 6.42 Å². The van der Waals surface area contributed by atoms with Crippen LogP contribution in [-0.2, 0) is 13.0 Å². The monoisotopic (exact) mass is 275 g/mol. The van der Waals surface area contributed by atoms with Crippen LogP contribution in [0.15, 0.2) is 22.9 Å². The predicted molar refractivity (Wildman–Crippen MR) is 74.0 cm³/mol. The summed E-state index contributed by atoms with van der Waals surface area (Å²) in [4.78, 5) is 0. The van der Waals surface area contributed by atoms with E-state index in [0.29, 0.717) is 30.4 Å². The number of nitrogens with zero attached hydrogens (tertiary/aromatic N) is 4. The number of aryl methyl sites for hydroxylation is 1. The first-order valence-electron chi connectivity index (χ1n) is 7.40. The first-order valence-corrected chi connectivity index (χ1v) is 7.40. The van der Waals surface area contributed by atoms with E-state index in [4.69, 9.17) is 4.42 Å². The Hall–Kier alpha value is -1.69. The zero-order valence-electron chi connectivity index (χ0n) is 11.8. The molecule has 0 aromatic carbocycles. The summed E-state index contributed by atoms with van der Waals surface area (Å²) in [6, 6.07) is 2.82. The van der Waals surface area contributed by atoms with Crippen molar-refractivity contribution in [3.05, 3.63) is 30.2 Å². The molecule has 1 aliphatic carbocycles. The van der Waals surface area contributed by atoms with E-state index in [1.165, 1.54) is 25.7 Å². The molecule has 6 nitrogen and oxygen atoms in total. The third kappa shape index (κ3) is 2.90. The molecule has 108 valence electrons. The molecule has 0 aliphatic heterocycles. The Bertz CT molecular complexity index is 521. The maximum Gasteiger partial charge on any atom is 0.230 e. The lowest BCUT2D eigenvalue weighted by molar-refractivity contribution is 0.239. The van der Waals surface area contributed by atoms with Crippen molar-refractivity contribution in [1.82, 2.24) is 25.3 Å². The molecule has 0 bridgehead atoms. The summed E-state index contributed by atoms with van der Waals surface area (Å²) in [5, 5.41) is 16.0. The molecular formula is C14H21N5O. The molecule has 20 heavy (non-hydrogen) atoms. The molecular weight excluding hydrogens is 254 g/mol. The van der Waals surface area contributed by atoms with Crippen LogP contribution in [0, 0.1) is 0 Å². The Balaban J connectivity index is 1.62. The fourth-order valence-corrected chi connectivity index (χ4v) is 2.86. The third-order valence-corrected chi connectivity index (χ3v) is 3.92. The largest absolute Gasteiger partial charge is 0.424 e. The van der Waals surface area contributed by atoms with Gasteiger partial charge in [-0.1, -0.05) is 19.8 Å². The number of hydrogen-bond acceptors (Lipinski definition) is 5. The van der Waals surface area contributed by atoms with E-state index < -0.39 is 0 Å². The fourth-order valence-electron chi connectivity index (χ4n) is 2.86. The van der Waals surface area contributed by atoms with Crippen LogP contribution in [0.25, 0.3) is 0 Å². The van der Waals surface area contributed by atoms with Gasteiger partial charge in [-0.25, -0.2) is 0 Å². The summed E-state index contributed by atoms with van der Waals surface area (Å²) < 4.78 is 7.61. The average molecular weight is 275 g/mol. The zero-order valence-corrected chi connectivity index (χ0v) is 11.8. The van der Waals surface area contributed by atoms with E-state index >= 15 is 0 Å². The van der Waals surface area contributed by atoms with Crippen molar-refractivity contribution in [2.24, 2.45) is 0 Å². The molecule has 2 heterocycles. The van der Waals surface area contributed by atoms with E-state index in [2.05, 4.69) is 25.3 Å². The Labute approximate surface area is 118 Å². The molecule has 2 aromatic heterocycles. The van der Waals surface area contributed by atoms with Crippen LogP contribution < -0.4 is 5.32 Å². The molecule has 3 rings (SSSR count). The van der Waals surface area contributed by atoms with Crippen molar-refractivity contribution < 1.29 is 4.42 Å². The third-order valence-electron chi connectivity index (χ3n) is 3.92. The van der Waals surface area contributed by atoms with Crippen molar-refractivity contribution in [3.8, 4) is 0 Å². The molecule has 2 unspecified atom stereocenters. The Morgan fingerprint density at radius 1 is 1.30 bits per heavy atom. The second kappa shape index (κ2) is 6.17. The van der Waals surface area contributed by atoms with Gasteiger partial charge < -0.3 is 9.73 Å². The number of aromatic nitrogens is 4. The first kappa shape index (κ1) is 13.3. The molecule has 0 saturated heterocycles. The van der Waals surface area contributed by atoms with E-state index in [1.54, 1.807) is 0 Å². The SMILES string of the molecule is CCc1nnc(CNC2CCCCC2n2cccn2)o1. The minimum Gasteiger partial charge on any atom is -0.424 e. The Morgan fingerprint density at radius 2 is 2.15 bits per heavy atom. The van der Waals surface area contributed by atoms with Gasteiger partial charge in [-0.3, -0.25) is 4.68 Å². The predicted octanol–water partition coefficient (Wildman–Crippen LogP) is 2.10. The van der Waals surface area contributed by atoms with Crippen molar-refractivity contribution in [3.63, 3.8) is 0 Å². The van der Waals surface area contributed by atoms with Gasteiger partial charge in [0.05, 0.1) is 12.6 Å². The number of hydrogen-bond donors (Lipinski definition) is 1. The van der Waals surface area contributed by atoms with Gasteiger partial charge in [0.1, 0.15) is 0 Å². The highest BCUT2D eigenvalue weighted by molar-refractivity contribution is 4.90. The molecule has 1 aliphatic rings. The van der Waals surface area contributed by atoms with Crippen molar-refractivity contribution in [1.29, 1.82) is 0 Å². The molecule has 6 heteroatoms. The van der Waals surface area contributed by atoms with Gasteiger partial charge in [-0.05, 0) is 18.9 Å². The molecule has 0 spiro atoms. The highest BCUT2D eigenvalue weighted by Crippen LogP contribution is 2.28. The summed E-state index contributed by atoms with van der Waals surface area (Å²) in [6.45, 7) is 2.65. The van der Waals surface area contributed by atoms with E-state index in [9.17, 15) is 0 Å². The summed E-state index contributed by atoms with van der Waals surface area (Å²) in [5.41, 5.74) is 0. The smallest absolute Gasteiger partial charge is 0.230 e. The molecule has 2 aromatic rings. The van der Waals surface area contributed by atoms with E-state index in [-0.39, 0.29) is 0 Å². The summed E-state index contributed by atoms with van der Waals surface area (Å²) in [6.07, 6.45) is 9.54. The van der Waals surface area contributed by atoms with Crippen molar-refractivity contribution >= 4 is 0 Å². The van der Waals surface area contributed by atoms with Gasteiger partial charge in [0.15, 0.2) is 0 Å². The molecule has 1 fully saturated rings. The zero-order chi connectivity index (χ0) is 13.8. The highest BCUT2D eigenvalue weighted by Gasteiger charge is 2.26. The van der Waals surface area contributed by atoms with Crippen molar-refractivity contribution in [2.45, 2.75) is 57.7 Å². The lowest BCUT2D eigenvalue weighted by Crippen LogP contribution is -2.39. The van der Waals surface area contributed by atoms with Gasteiger partial charge >= 0.3 is 0 Å². The minimum atomic E-state index is 0.417. The number of rotatable bonds is 5. The molecule has 0 amide bonds. The number of nitrogens with one attached hydrogen (secondary N) is 1. The average Bonchev–Trinajstić information content (AvgIpc) is 3.17. The first-order chi connectivity index (χ1) is 9.86. The minimum absolute atomic E-state index is 0.417. The highest BCUT2D eigenvalue weighted by atomic mass is 16.4. The van der Waals surface area contributed by atoms with E-state index in [1.807, 2.05) is 25.4 Å². The van der Waals surface area contributed by atoms with Crippen LogP contribution in [0.2, 0.25) is 0 Å². The second-order valence-electron chi connectivity index (χ2n) is 5.27. The lowest BCUT2D eigenvalue weighted by Gasteiger charge is -2.32. The van der Waals surface area contributed by atoms with Gasteiger partial charge in [0, 0.05) is 24.9 Å². The fraction of sp³-hybridized carbons (Fsp3) is 0.643. The maximum absolute atomic E-state index is 5.54. The van der Waals surface area contributed by atoms with Crippen LogP contribution in [-0.4, -0.2) is 26.0 Å². The Morgan fingerprint density at radius 3 is 2.90 bits per heavy atom. The molecule has 1 saturated carbocycles. The van der Waals surface area contributed by atoms with Crippen LogP contribution in [0.1, 0.15) is 50.4 Å². The normalized spacial score (nSPS) is 23.1. The topological polar surface area (TPSA) is 68.8 Å². The Kier molecular flexibility index (Phi) is 4.11.